The first-order chi connectivity index (χ1) is 17.9. The quantitative estimate of drug-likeness (QED) is 0.161. The Balaban J connectivity index is 1.68. The molecule has 0 aliphatic heterocycles. The molecule has 0 fully saturated rings. The number of fused-ring (bicyclic) bond motifs is 6. The average Bonchev–Trinajstić information content (AvgIpc) is 3.70. The average molecular weight is 444 g/mol. The van der Waals surface area contributed by atoms with Crippen molar-refractivity contribution in [2.75, 3.05) is 0 Å². The summed E-state index contributed by atoms with van der Waals surface area (Å²) in [4.78, 5) is 0. The molecule has 0 bridgehead atoms. The zero-order valence-corrected chi connectivity index (χ0v) is 18.9. The van der Waals surface area contributed by atoms with Crippen LogP contribution in [-0.2, 0) is 0 Å². The first-order valence-electron chi connectivity index (χ1n) is 13.0. The second-order valence-corrected chi connectivity index (χ2v) is 11.5. The highest BCUT2D eigenvalue weighted by molar-refractivity contribution is 6.61. The Labute approximate surface area is 201 Å². The second-order valence-electron chi connectivity index (χ2n) is 11.5. The summed E-state index contributed by atoms with van der Waals surface area (Å²) >= 11 is 0. The van der Waals surface area contributed by atoms with Crippen molar-refractivity contribution in [3.8, 4) is 0 Å². The minimum atomic E-state index is 1.43. The molecule has 0 heteroatoms. The van der Waals surface area contributed by atoms with Crippen molar-refractivity contribution in [1.29, 1.82) is 0 Å². The molecule has 0 atom stereocenters. The van der Waals surface area contributed by atoms with E-state index >= 15 is 0 Å². The van der Waals surface area contributed by atoms with Gasteiger partial charge in [0.2, 0.25) is 0 Å². The lowest BCUT2D eigenvalue weighted by Gasteiger charge is -2.23. The van der Waals surface area contributed by atoms with Crippen LogP contribution < -0.4 is 0 Å². The van der Waals surface area contributed by atoms with Gasteiger partial charge in [-0.15, -0.1) is 0 Å². The van der Waals surface area contributed by atoms with E-state index in [2.05, 4.69) is 72.8 Å². The van der Waals surface area contributed by atoms with Crippen molar-refractivity contribution in [2.24, 2.45) is 0 Å². The second kappa shape index (κ2) is 4.14. The SMILES string of the molecule is c1cc2c3ccc4c5ccc6c7ccc8c9ccc%10c%11ccc%12c1c2c1c(c%12%11)c(c%109)c(c87)c(c56)c1c34. The van der Waals surface area contributed by atoms with E-state index in [1.54, 1.807) is 0 Å². The minimum Gasteiger partial charge on any atom is -0.0531 e. The third-order valence-electron chi connectivity index (χ3n) is 10.5. The molecule has 13 aromatic carbocycles. The van der Waals surface area contributed by atoms with Crippen molar-refractivity contribution in [2.45, 2.75) is 0 Å². The molecular weight excluding hydrogens is 432 g/mol. The van der Waals surface area contributed by atoms with Crippen molar-refractivity contribution < 1.29 is 0 Å². The Morgan fingerprint density at radius 1 is 0.139 bits per heavy atom. The number of rotatable bonds is 0. The Bertz CT molecular complexity index is 2280. The predicted molar refractivity (Wildman–Crippen MR) is 157 cm³/mol. The van der Waals surface area contributed by atoms with E-state index in [9.17, 15) is 0 Å². The fourth-order valence-corrected chi connectivity index (χ4v) is 9.43. The summed E-state index contributed by atoms with van der Waals surface area (Å²) in [5.74, 6) is 0. The molecule has 0 aromatic heterocycles. The summed E-state index contributed by atoms with van der Waals surface area (Å²) in [6.07, 6.45) is 0. The van der Waals surface area contributed by atoms with Crippen LogP contribution in [0, 0.1) is 0 Å². The van der Waals surface area contributed by atoms with E-state index in [1.807, 2.05) is 0 Å². The third kappa shape index (κ3) is 1.11. The van der Waals surface area contributed by atoms with E-state index in [4.69, 9.17) is 0 Å². The van der Waals surface area contributed by atoms with Crippen LogP contribution in [0.3, 0.4) is 0 Å². The normalized spacial score (nSPS) is 14.7. The smallest absolute Gasteiger partial charge is 0.0000476 e. The molecule has 0 unspecified atom stereocenters. The lowest BCUT2D eigenvalue weighted by Crippen LogP contribution is -1.94. The summed E-state index contributed by atoms with van der Waals surface area (Å²) in [6, 6.07) is 28.8. The maximum Gasteiger partial charge on any atom is -0.0000476 e. The van der Waals surface area contributed by atoms with Gasteiger partial charge < -0.3 is 0 Å². The molecule has 0 radical (unpaired) electrons. The topological polar surface area (TPSA) is 0 Å². The van der Waals surface area contributed by atoms with E-state index in [0.29, 0.717) is 0 Å². The molecule has 0 heterocycles. The van der Waals surface area contributed by atoms with Gasteiger partial charge in [-0.25, -0.2) is 0 Å². The molecule has 0 spiro atoms. The fourth-order valence-electron chi connectivity index (χ4n) is 9.43. The highest BCUT2D eigenvalue weighted by atomic mass is 14.3. The van der Waals surface area contributed by atoms with Crippen molar-refractivity contribution in [3.63, 3.8) is 0 Å². The molecule has 156 valence electrons. The Hall–Kier alpha value is -4.68. The van der Waals surface area contributed by atoms with Gasteiger partial charge in [-0.3, -0.25) is 0 Å². The van der Waals surface area contributed by atoms with Crippen LogP contribution in [0.4, 0.5) is 0 Å². The molecule has 0 N–H and O–H groups in total. The molecule has 13 rings (SSSR count). The summed E-state index contributed by atoms with van der Waals surface area (Å²) < 4.78 is 0. The van der Waals surface area contributed by atoms with Crippen LogP contribution >= 0.6 is 0 Å². The molecular formula is C36H12. The summed E-state index contributed by atoms with van der Waals surface area (Å²) in [6.45, 7) is 0. The number of benzene rings is 7. The lowest BCUT2D eigenvalue weighted by molar-refractivity contribution is 2.08. The van der Waals surface area contributed by atoms with Gasteiger partial charge in [0, 0.05) is 0 Å². The van der Waals surface area contributed by atoms with Crippen LogP contribution in [0.15, 0.2) is 72.8 Å². The Morgan fingerprint density at radius 2 is 0.250 bits per heavy atom. The molecule has 0 nitrogen and oxygen atoms in total. The van der Waals surface area contributed by atoms with Crippen LogP contribution in [-0.4, -0.2) is 0 Å². The number of hydrogen-bond donors (Lipinski definition) is 0. The van der Waals surface area contributed by atoms with E-state index in [-0.39, 0.29) is 0 Å². The minimum absolute atomic E-state index is 1.43. The van der Waals surface area contributed by atoms with Crippen molar-refractivity contribution >= 4 is 129 Å². The molecule has 0 saturated carbocycles. The molecule has 36 heavy (non-hydrogen) atoms. The van der Waals surface area contributed by atoms with Crippen LogP contribution in [0.1, 0.15) is 0 Å². The van der Waals surface area contributed by atoms with Gasteiger partial charge in [0.25, 0.3) is 0 Å². The predicted octanol–water partition coefficient (Wildman–Crippen LogP) is 10.5. The van der Waals surface area contributed by atoms with Gasteiger partial charge in [-0.05, 0) is 129 Å². The van der Waals surface area contributed by atoms with Gasteiger partial charge in [-0.1, -0.05) is 72.8 Å². The molecule has 0 aliphatic rings. The third-order valence-corrected chi connectivity index (χ3v) is 10.5. The van der Waals surface area contributed by atoms with Crippen molar-refractivity contribution in [1.82, 2.24) is 0 Å². The molecule has 0 amide bonds. The maximum atomic E-state index is 2.40. The lowest BCUT2D eigenvalue weighted by atomic mass is 9.78. The maximum absolute atomic E-state index is 2.40. The highest BCUT2D eigenvalue weighted by Crippen LogP contribution is 2.61. The zero-order chi connectivity index (χ0) is 22.3. The van der Waals surface area contributed by atoms with Gasteiger partial charge in [0.1, 0.15) is 0 Å². The molecule has 0 saturated heterocycles. The summed E-state index contributed by atoms with van der Waals surface area (Å²) in [7, 11) is 0. The fraction of sp³-hybridized carbons (Fsp3) is 0. The Morgan fingerprint density at radius 3 is 0.361 bits per heavy atom. The number of hydrogen-bond acceptors (Lipinski definition) is 0. The highest BCUT2D eigenvalue weighted by Gasteiger charge is 2.32. The molecule has 13 aromatic rings. The van der Waals surface area contributed by atoms with E-state index in [0.717, 1.165) is 0 Å². The Kier molecular flexibility index (Phi) is 1.77. The summed E-state index contributed by atoms with van der Waals surface area (Å²) in [5, 5.41) is 35.2. The van der Waals surface area contributed by atoms with Gasteiger partial charge in [0.05, 0.1) is 0 Å². The zero-order valence-electron chi connectivity index (χ0n) is 18.9. The van der Waals surface area contributed by atoms with Crippen molar-refractivity contribution in [3.05, 3.63) is 72.8 Å². The summed E-state index contributed by atoms with van der Waals surface area (Å²) in [5.41, 5.74) is 0. The first kappa shape index (κ1) is 15.3. The monoisotopic (exact) mass is 444 g/mol. The van der Waals surface area contributed by atoms with Crippen LogP contribution in [0.5, 0.6) is 0 Å². The van der Waals surface area contributed by atoms with Gasteiger partial charge in [0.15, 0.2) is 0 Å². The van der Waals surface area contributed by atoms with E-state index in [1.165, 1.54) is 129 Å². The van der Waals surface area contributed by atoms with Gasteiger partial charge in [-0.2, -0.15) is 0 Å². The van der Waals surface area contributed by atoms with Crippen LogP contribution in [0.2, 0.25) is 0 Å². The van der Waals surface area contributed by atoms with Gasteiger partial charge >= 0.3 is 0 Å². The first-order valence-corrected chi connectivity index (χ1v) is 13.0. The standard InChI is InChI=1S/C36H12/c1-2-14-16-5-6-19-20-9-10-22-24-12-11-23-21-8-7-18-17-4-3-15-13(1)25(14)31-32(26(15)17)34(28(18)21)36(30(23)24)35(29(20)22)33(31)27(16)19/h1-12H. The largest absolute Gasteiger partial charge is 0.0531 e. The molecule has 0 aliphatic carbocycles. The van der Waals surface area contributed by atoms with Crippen LogP contribution in [0.25, 0.3) is 129 Å². The van der Waals surface area contributed by atoms with E-state index < -0.39 is 0 Å².